The Bertz CT molecular complexity index is 1350. The average molecular weight is 422 g/mol. The molecule has 0 saturated heterocycles. The van der Waals surface area contributed by atoms with E-state index in [4.69, 9.17) is 0 Å². The Morgan fingerprint density at radius 2 is 2.00 bits per heavy atom. The maximum atomic E-state index is 4.48. The van der Waals surface area contributed by atoms with Gasteiger partial charge in [0.2, 0.25) is 0 Å². The van der Waals surface area contributed by atoms with Gasteiger partial charge >= 0.3 is 0 Å². The largest absolute Gasteiger partial charge is 0.317 e. The van der Waals surface area contributed by atoms with Crippen LogP contribution in [-0.2, 0) is 0 Å². The number of benzene rings is 1. The second-order valence-electron chi connectivity index (χ2n) is 7.51. The zero-order valence-corrected chi connectivity index (χ0v) is 19.0. The van der Waals surface area contributed by atoms with Crippen LogP contribution in [-0.4, -0.2) is 4.90 Å². The van der Waals surface area contributed by atoms with Gasteiger partial charge in [-0.2, -0.15) is 0 Å². The van der Waals surface area contributed by atoms with Crippen molar-refractivity contribution in [2.45, 2.75) is 20.3 Å². The lowest BCUT2D eigenvalue weighted by atomic mass is 9.99. The lowest BCUT2D eigenvalue weighted by molar-refractivity contribution is 0.614. The molecular weight excluding hydrogens is 394 g/mol. The average Bonchev–Trinajstić information content (AvgIpc) is 3.15. The summed E-state index contributed by atoms with van der Waals surface area (Å²) in [6, 6.07) is 8.68. The van der Waals surface area contributed by atoms with Crippen LogP contribution in [0.15, 0.2) is 121 Å². The molecule has 0 amide bonds. The molecule has 2 aromatic rings. The summed E-state index contributed by atoms with van der Waals surface area (Å²) in [6.07, 6.45) is 24.1. The first kappa shape index (κ1) is 20.9. The zero-order valence-electron chi connectivity index (χ0n) is 18.1. The molecule has 1 nitrogen and oxygen atoms in total. The molecule has 0 atom stereocenters. The number of allylic oxidation sites excluding steroid dienone is 11. The Kier molecular flexibility index (Phi) is 6.20. The van der Waals surface area contributed by atoms with Crippen LogP contribution in [0.1, 0.15) is 20.3 Å². The van der Waals surface area contributed by atoms with Crippen LogP contribution in [0.5, 0.6) is 0 Å². The van der Waals surface area contributed by atoms with Crippen LogP contribution in [0.2, 0.25) is 0 Å². The molecule has 2 heteroatoms. The van der Waals surface area contributed by atoms with Crippen molar-refractivity contribution in [2.75, 3.05) is 0 Å². The molecule has 0 radical (unpaired) electrons. The van der Waals surface area contributed by atoms with Crippen LogP contribution in [0.4, 0.5) is 0 Å². The molecule has 0 bridgehead atoms. The summed E-state index contributed by atoms with van der Waals surface area (Å²) in [4.78, 5) is 2.24. The molecule has 4 rings (SSSR count). The van der Waals surface area contributed by atoms with Gasteiger partial charge in [0.15, 0.2) is 0 Å². The van der Waals surface area contributed by atoms with E-state index in [1.165, 1.54) is 31.0 Å². The minimum absolute atomic E-state index is 0.849. The van der Waals surface area contributed by atoms with E-state index in [1.54, 1.807) is 0 Å². The Labute approximate surface area is 188 Å². The van der Waals surface area contributed by atoms with Crippen LogP contribution in [0, 0.1) is 0 Å². The molecule has 2 aliphatic rings. The minimum atomic E-state index is 0.849. The fourth-order valence-electron chi connectivity index (χ4n) is 4.07. The van der Waals surface area contributed by atoms with Crippen LogP contribution in [0.3, 0.4) is 0 Å². The number of thiophene rings is 1. The summed E-state index contributed by atoms with van der Waals surface area (Å²) in [7, 11) is 0. The summed E-state index contributed by atoms with van der Waals surface area (Å²) < 4.78 is 2.56. The van der Waals surface area contributed by atoms with Crippen LogP contribution < -0.4 is 9.75 Å². The summed E-state index contributed by atoms with van der Waals surface area (Å²) in [5, 5.41) is 2.61. The molecular formula is C29H27NS. The molecule has 1 aliphatic carbocycles. The van der Waals surface area contributed by atoms with Gasteiger partial charge in [-0.05, 0) is 55.7 Å². The maximum Gasteiger partial charge on any atom is 0.0511 e. The van der Waals surface area contributed by atoms with E-state index in [1.807, 2.05) is 30.4 Å². The second-order valence-corrected chi connectivity index (χ2v) is 8.56. The molecule has 1 aromatic heterocycles. The van der Waals surface area contributed by atoms with Gasteiger partial charge < -0.3 is 4.90 Å². The van der Waals surface area contributed by atoms with Crippen molar-refractivity contribution in [2.24, 2.45) is 0 Å². The Hall–Kier alpha value is -3.36. The van der Waals surface area contributed by atoms with Crippen molar-refractivity contribution < 1.29 is 0 Å². The Balaban J connectivity index is 2.18. The van der Waals surface area contributed by atoms with Gasteiger partial charge in [-0.15, -0.1) is 11.3 Å². The molecule has 0 saturated carbocycles. The van der Waals surface area contributed by atoms with Crippen molar-refractivity contribution in [3.63, 3.8) is 0 Å². The van der Waals surface area contributed by atoms with E-state index in [2.05, 4.69) is 104 Å². The minimum Gasteiger partial charge on any atom is -0.317 e. The molecule has 1 aliphatic heterocycles. The normalized spacial score (nSPS) is 23.7. The lowest BCUT2D eigenvalue weighted by Crippen LogP contribution is -2.28. The number of hydrogen-bond donors (Lipinski definition) is 0. The van der Waals surface area contributed by atoms with Crippen molar-refractivity contribution in [3.05, 3.63) is 131 Å². The number of fused-ring (bicyclic) bond motifs is 4. The van der Waals surface area contributed by atoms with Gasteiger partial charge in [0, 0.05) is 37.3 Å². The predicted octanol–water partition coefficient (Wildman–Crippen LogP) is 6.65. The lowest BCUT2D eigenvalue weighted by Gasteiger charge is -2.28. The van der Waals surface area contributed by atoms with Gasteiger partial charge in [-0.3, -0.25) is 0 Å². The number of hydrogen-bond acceptors (Lipinski definition) is 2. The molecule has 154 valence electrons. The van der Waals surface area contributed by atoms with E-state index >= 15 is 0 Å². The topological polar surface area (TPSA) is 3.24 Å². The van der Waals surface area contributed by atoms with E-state index in [0.717, 1.165) is 23.4 Å². The first-order valence-corrected chi connectivity index (χ1v) is 11.4. The second kappa shape index (κ2) is 9.20. The zero-order chi connectivity index (χ0) is 21.8. The standard InChI is InChI=1S/C29H27NS/c1-5-13-23(14-6-2)30-20-12-11-16-22(4)28-25(30)18-9-7-15-21(3)27-24-17-8-10-19-26(24)31-29(27)28/h5-8,10-20H,1,4,9H2,2-3H3/b14-6?,15-7-,16-11-,20-12-,23-13+,25-18?,27-21+,29-28+. The molecule has 0 unspecified atom stereocenters. The highest BCUT2D eigenvalue weighted by molar-refractivity contribution is 7.17. The highest BCUT2D eigenvalue weighted by Gasteiger charge is 2.20. The molecule has 0 spiro atoms. The smallest absolute Gasteiger partial charge is 0.0511 e. The van der Waals surface area contributed by atoms with Gasteiger partial charge in [0.05, 0.1) is 5.70 Å². The highest BCUT2D eigenvalue weighted by atomic mass is 32.1. The third-order valence-electron chi connectivity index (χ3n) is 5.42. The molecule has 0 N–H and O–H groups in total. The fourth-order valence-corrected chi connectivity index (χ4v) is 5.43. The third-order valence-corrected chi connectivity index (χ3v) is 6.60. The summed E-state index contributed by atoms with van der Waals surface area (Å²) >= 11 is 1.85. The van der Waals surface area contributed by atoms with Gasteiger partial charge in [-0.25, -0.2) is 0 Å². The molecule has 0 fully saturated rings. The van der Waals surface area contributed by atoms with Crippen molar-refractivity contribution in [3.8, 4) is 0 Å². The quantitative estimate of drug-likeness (QED) is 0.501. The van der Waals surface area contributed by atoms with Crippen LogP contribution >= 0.6 is 11.3 Å². The Morgan fingerprint density at radius 1 is 1.16 bits per heavy atom. The number of nitrogens with zero attached hydrogens (tertiary/aromatic N) is 1. The van der Waals surface area contributed by atoms with Gasteiger partial charge in [-0.1, -0.05) is 73.9 Å². The summed E-state index contributed by atoms with van der Waals surface area (Å²) in [6.45, 7) is 12.7. The van der Waals surface area contributed by atoms with E-state index in [0.29, 0.717) is 0 Å². The van der Waals surface area contributed by atoms with E-state index in [9.17, 15) is 0 Å². The molecule has 2 heterocycles. The highest BCUT2D eigenvalue weighted by Crippen LogP contribution is 2.31. The molecule has 1 aromatic carbocycles. The summed E-state index contributed by atoms with van der Waals surface area (Å²) in [5.41, 5.74) is 5.68. The predicted molar refractivity (Wildman–Crippen MR) is 138 cm³/mol. The van der Waals surface area contributed by atoms with Crippen LogP contribution in [0.25, 0.3) is 21.2 Å². The monoisotopic (exact) mass is 421 g/mol. The summed E-state index contributed by atoms with van der Waals surface area (Å²) in [5.74, 6) is 0. The van der Waals surface area contributed by atoms with Crippen molar-refractivity contribution in [1.29, 1.82) is 0 Å². The van der Waals surface area contributed by atoms with Crippen molar-refractivity contribution in [1.82, 2.24) is 4.90 Å². The first-order valence-electron chi connectivity index (χ1n) is 10.5. The maximum absolute atomic E-state index is 4.48. The third kappa shape index (κ3) is 3.99. The van der Waals surface area contributed by atoms with Gasteiger partial charge in [0.1, 0.15) is 0 Å². The van der Waals surface area contributed by atoms with E-state index in [-0.39, 0.29) is 0 Å². The number of rotatable bonds is 3. The SMILES string of the molecule is C=C/C=C(\C=CC)N1/C=C\C=C/C(=C)\C2=c3/sc4ccccc4/c3=C(C)\C=C/CC=C21. The molecule has 31 heavy (non-hydrogen) atoms. The van der Waals surface area contributed by atoms with E-state index < -0.39 is 0 Å². The fraction of sp³-hybridized carbons (Fsp3) is 0.103. The Morgan fingerprint density at radius 3 is 2.81 bits per heavy atom. The first-order chi connectivity index (χ1) is 15.2. The van der Waals surface area contributed by atoms with Gasteiger partial charge in [0.25, 0.3) is 0 Å². The van der Waals surface area contributed by atoms with Crippen molar-refractivity contribution >= 4 is 32.6 Å².